The fourth-order valence-electron chi connectivity index (χ4n) is 1.21. The summed E-state index contributed by atoms with van der Waals surface area (Å²) in [6.07, 6.45) is 0. The Labute approximate surface area is 113 Å². The van der Waals surface area contributed by atoms with Crippen LogP contribution in [0.25, 0.3) is 0 Å². The molecule has 1 rings (SSSR count). The van der Waals surface area contributed by atoms with Gasteiger partial charge in [0, 0.05) is 9.13 Å². The van der Waals surface area contributed by atoms with E-state index in [-0.39, 0.29) is 0 Å². The van der Waals surface area contributed by atoms with Crippen LogP contribution in [0.2, 0.25) is 0 Å². The van der Waals surface area contributed by atoms with E-state index in [0.717, 1.165) is 3.57 Å². The summed E-state index contributed by atoms with van der Waals surface area (Å²) in [7, 11) is 0. The zero-order chi connectivity index (χ0) is 12.9. The van der Waals surface area contributed by atoms with Crippen LogP contribution in [-0.4, -0.2) is 46.6 Å². The molecule has 0 saturated carbocycles. The molecule has 1 aromatic rings. The van der Waals surface area contributed by atoms with E-state index in [2.05, 4.69) is 27.9 Å². The summed E-state index contributed by atoms with van der Waals surface area (Å²) < 4.78 is 0.901. The molecule has 6 heteroatoms. The van der Waals surface area contributed by atoms with E-state index in [4.69, 9.17) is 15.3 Å². The van der Waals surface area contributed by atoms with Crippen molar-refractivity contribution in [2.24, 2.45) is 0 Å². The molecule has 0 bridgehead atoms. The third-order valence-corrected chi connectivity index (χ3v) is 3.04. The Bertz CT molecular complexity index is 385. The van der Waals surface area contributed by atoms with E-state index in [0.29, 0.717) is 5.56 Å². The summed E-state index contributed by atoms with van der Waals surface area (Å²) in [4.78, 5) is 11.8. The lowest BCUT2D eigenvalue weighted by Crippen LogP contribution is -2.57. The minimum absolute atomic E-state index is 0.414. The lowest BCUT2D eigenvalue weighted by atomic mass is 10.0. The van der Waals surface area contributed by atoms with Crippen molar-refractivity contribution in [2.75, 3.05) is 19.8 Å². The maximum atomic E-state index is 11.8. The second-order valence-electron chi connectivity index (χ2n) is 3.72. The Balaban J connectivity index is 2.84. The van der Waals surface area contributed by atoms with Crippen LogP contribution in [0.3, 0.4) is 0 Å². The highest BCUT2D eigenvalue weighted by atomic mass is 127. The van der Waals surface area contributed by atoms with Crippen molar-refractivity contribution in [3.63, 3.8) is 0 Å². The normalized spacial score (nSPS) is 11.3. The van der Waals surface area contributed by atoms with Gasteiger partial charge in [0.1, 0.15) is 5.54 Å². The van der Waals surface area contributed by atoms with Gasteiger partial charge in [0.25, 0.3) is 5.91 Å². The molecular formula is C11H14INO4. The zero-order valence-electron chi connectivity index (χ0n) is 9.06. The van der Waals surface area contributed by atoms with Crippen LogP contribution in [0, 0.1) is 3.57 Å². The summed E-state index contributed by atoms with van der Waals surface area (Å²) in [6, 6.07) is 6.87. The molecular weight excluding hydrogens is 337 g/mol. The minimum atomic E-state index is -1.39. The third kappa shape index (κ3) is 3.63. The van der Waals surface area contributed by atoms with Crippen molar-refractivity contribution in [3.8, 4) is 0 Å². The molecule has 0 aliphatic heterocycles. The lowest BCUT2D eigenvalue weighted by Gasteiger charge is -2.28. The summed E-state index contributed by atoms with van der Waals surface area (Å²) in [5, 5.41) is 29.7. The van der Waals surface area contributed by atoms with E-state index < -0.39 is 31.3 Å². The van der Waals surface area contributed by atoms with Gasteiger partial charge in [0.2, 0.25) is 0 Å². The summed E-state index contributed by atoms with van der Waals surface area (Å²) in [6.45, 7) is -1.60. The number of benzene rings is 1. The van der Waals surface area contributed by atoms with Crippen LogP contribution in [0.5, 0.6) is 0 Å². The van der Waals surface area contributed by atoms with E-state index >= 15 is 0 Å². The van der Waals surface area contributed by atoms with Crippen molar-refractivity contribution in [3.05, 3.63) is 33.4 Å². The van der Waals surface area contributed by atoms with E-state index in [1.54, 1.807) is 18.2 Å². The molecule has 0 aliphatic carbocycles. The van der Waals surface area contributed by atoms with Crippen LogP contribution in [0.1, 0.15) is 10.4 Å². The number of rotatable bonds is 5. The number of aliphatic hydroxyl groups excluding tert-OH is 3. The van der Waals surface area contributed by atoms with Crippen molar-refractivity contribution >= 4 is 28.5 Å². The quantitative estimate of drug-likeness (QED) is 0.550. The van der Waals surface area contributed by atoms with Gasteiger partial charge in [-0.2, -0.15) is 0 Å². The van der Waals surface area contributed by atoms with Crippen LogP contribution >= 0.6 is 22.6 Å². The first-order valence-corrected chi connectivity index (χ1v) is 6.05. The molecule has 4 N–H and O–H groups in total. The van der Waals surface area contributed by atoms with Gasteiger partial charge >= 0.3 is 0 Å². The predicted octanol–water partition coefficient (Wildman–Crippen LogP) is -0.263. The van der Waals surface area contributed by atoms with Crippen LogP contribution in [-0.2, 0) is 0 Å². The van der Waals surface area contributed by atoms with Gasteiger partial charge in [0.05, 0.1) is 19.8 Å². The van der Waals surface area contributed by atoms with Gasteiger partial charge in [-0.25, -0.2) is 0 Å². The molecule has 0 aromatic heterocycles. The van der Waals surface area contributed by atoms with Crippen LogP contribution in [0.4, 0.5) is 0 Å². The zero-order valence-corrected chi connectivity index (χ0v) is 11.2. The number of carbonyl (C=O) groups excluding carboxylic acids is 1. The van der Waals surface area contributed by atoms with Crippen molar-refractivity contribution in [1.82, 2.24) is 5.32 Å². The van der Waals surface area contributed by atoms with Gasteiger partial charge in [-0.3, -0.25) is 4.79 Å². The van der Waals surface area contributed by atoms with E-state index in [1.165, 1.54) is 0 Å². The maximum Gasteiger partial charge on any atom is 0.251 e. The van der Waals surface area contributed by atoms with Gasteiger partial charge in [-0.05, 0) is 40.8 Å². The Hall–Kier alpha value is -0.700. The Morgan fingerprint density at radius 2 is 1.82 bits per heavy atom. The second-order valence-corrected chi connectivity index (χ2v) is 4.96. The molecule has 94 valence electrons. The molecule has 5 nitrogen and oxygen atoms in total. The fourth-order valence-corrected chi connectivity index (χ4v) is 1.75. The number of aliphatic hydroxyl groups is 3. The fraction of sp³-hybridized carbons (Fsp3) is 0.364. The van der Waals surface area contributed by atoms with E-state index in [1.807, 2.05) is 6.07 Å². The molecule has 0 aliphatic rings. The SMILES string of the molecule is O=C(NC(CO)(CO)CO)c1cccc(I)c1. The Morgan fingerprint density at radius 1 is 1.24 bits per heavy atom. The highest BCUT2D eigenvalue weighted by Gasteiger charge is 2.30. The lowest BCUT2D eigenvalue weighted by molar-refractivity contribution is 0.0375. The molecule has 0 saturated heterocycles. The Kier molecular flexibility index (Phi) is 5.31. The van der Waals surface area contributed by atoms with Gasteiger partial charge in [-0.15, -0.1) is 0 Å². The number of hydrogen-bond donors (Lipinski definition) is 4. The Morgan fingerprint density at radius 3 is 2.29 bits per heavy atom. The molecule has 0 radical (unpaired) electrons. The molecule has 0 heterocycles. The third-order valence-electron chi connectivity index (χ3n) is 2.37. The van der Waals surface area contributed by atoms with Crippen molar-refractivity contribution in [2.45, 2.75) is 5.54 Å². The smallest absolute Gasteiger partial charge is 0.251 e. The summed E-state index contributed by atoms with van der Waals surface area (Å²) in [5.41, 5.74) is -0.977. The first-order valence-electron chi connectivity index (χ1n) is 4.97. The standard InChI is InChI=1S/C11H14INO4/c12-9-3-1-2-8(4-9)10(17)13-11(5-14,6-15)7-16/h1-4,14-16H,5-7H2,(H,13,17). The average Bonchev–Trinajstić information content (AvgIpc) is 2.36. The molecule has 0 atom stereocenters. The van der Waals surface area contributed by atoms with Gasteiger partial charge in [0.15, 0.2) is 0 Å². The van der Waals surface area contributed by atoms with Gasteiger partial charge < -0.3 is 20.6 Å². The van der Waals surface area contributed by atoms with Crippen molar-refractivity contribution in [1.29, 1.82) is 0 Å². The monoisotopic (exact) mass is 351 g/mol. The number of halogens is 1. The molecule has 1 amide bonds. The second kappa shape index (κ2) is 6.29. The largest absolute Gasteiger partial charge is 0.394 e. The molecule has 1 aromatic carbocycles. The topological polar surface area (TPSA) is 89.8 Å². The highest BCUT2D eigenvalue weighted by molar-refractivity contribution is 14.1. The number of hydrogen-bond acceptors (Lipinski definition) is 4. The average molecular weight is 351 g/mol. The van der Waals surface area contributed by atoms with E-state index in [9.17, 15) is 4.79 Å². The van der Waals surface area contributed by atoms with Crippen molar-refractivity contribution < 1.29 is 20.1 Å². The molecule has 0 unspecified atom stereocenters. The van der Waals surface area contributed by atoms with Gasteiger partial charge in [-0.1, -0.05) is 6.07 Å². The molecule has 17 heavy (non-hydrogen) atoms. The molecule has 0 spiro atoms. The first-order chi connectivity index (χ1) is 8.06. The molecule has 0 fully saturated rings. The highest BCUT2D eigenvalue weighted by Crippen LogP contribution is 2.10. The predicted molar refractivity (Wildman–Crippen MR) is 70.6 cm³/mol. The van der Waals surface area contributed by atoms with Crippen LogP contribution < -0.4 is 5.32 Å². The number of nitrogens with one attached hydrogen (secondary N) is 1. The number of carbonyl (C=O) groups is 1. The maximum absolute atomic E-state index is 11.8. The summed E-state index contributed by atoms with van der Waals surface area (Å²) in [5.74, 6) is -0.444. The number of amides is 1. The van der Waals surface area contributed by atoms with Crippen LogP contribution in [0.15, 0.2) is 24.3 Å². The first kappa shape index (κ1) is 14.4. The summed E-state index contributed by atoms with van der Waals surface area (Å²) >= 11 is 2.08. The minimum Gasteiger partial charge on any atom is -0.394 e.